The zero-order valence-corrected chi connectivity index (χ0v) is 16.2. The number of sulfonamides is 1. The Bertz CT molecular complexity index is 654. The minimum absolute atomic E-state index is 0.164. The molecular formula is C18H30N2O3S. The van der Waals surface area contributed by atoms with Crippen LogP contribution >= 0.6 is 0 Å². The van der Waals surface area contributed by atoms with Crippen LogP contribution in [0.3, 0.4) is 0 Å². The van der Waals surface area contributed by atoms with Crippen molar-refractivity contribution in [2.24, 2.45) is 0 Å². The Morgan fingerprint density at radius 3 is 2.46 bits per heavy atom. The summed E-state index contributed by atoms with van der Waals surface area (Å²) in [6.45, 7) is 8.40. The highest BCUT2D eigenvalue weighted by Crippen LogP contribution is 2.32. The summed E-state index contributed by atoms with van der Waals surface area (Å²) in [4.78, 5) is 12.2. The highest BCUT2D eigenvalue weighted by molar-refractivity contribution is 7.92. The minimum atomic E-state index is -3.55. The van der Waals surface area contributed by atoms with Crippen molar-refractivity contribution in [2.45, 2.75) is 52.9 Å². The largest absolute Gasteiger partial charge is 0.355 e. The Kier molecular flexibility index (Phi) is 7.73. The number of aryl methyl sites for hydroxylation is 1. The zero-order valence-electron chi connectivity index (χ0n) is 15.4. The van der Waals surface area contributed by atoms with Gasteiger partial charge in [-0.15, -0.1) is 0 Å². The van der Waals surface area contributed by atoms with Crippen molar-refractivity contribution in [3.8, 4) is 0 Å². The second-order valence-electron chi connectivity index (χ2n) is 6.49. The van der Waals surface area contributed by atoms with E-state index in [2.05, 4.69) is 12.2 Å². The molecule has 1 N–H and O–H groups in total. The van der Waals surface area contributed by atoms with Crippen molar-refractivity contribution >= 4 is 21.6 Å². The maximum absolute atomic E-state index is 12.3. The fourth-order valence-electron chi connectivity index (χ4n) is 2.64. The summed E-state index contributed by atoms with van der Waals surface area (Å²) in [5, 5.41) is 2.81. The first-order chi connectivity index (χ1) is 11.2. The lowest BCUT2D eigenvalue weighted by Gasteiger charge is -2.27. The van der Waals surface area contributed by atoms with Crippen LogP contribution in [0.4, 0.5) is 5.69 Å². The first-order valence-electron chi connectivity index (χ1n) is 8.52. The molecule has 136 valence electrons. The van der Waals surface area contributed by atoms with Crippen molar-refractivity contribution in [2.75, 3.05) is 23.7 Å². The van der Waals surface area contributed by atoms with Crippen molar-refractivity contribution in [3.05, 3.63) is 29.3 Å². The number of hydrogen-bond acceptors (Lipinski definition) is 3. The van der Waals surface area contributed by atoms with E-state index in [1.807, 2.05) is 39.0 Å². The van der Waals surface area contributed by atoms with Gasteiger partial charge in [-0.3, -0.25) is 9.10 Å². The average Bonchev–Trinajstić information content (AvgIpc) is 2.48. The van der Waals surface area contributed by atoms with Gasteiger partial charge in [0.15, 0.2) is 0 Å². The third-order valence-electron chi connectivity index (χ3n) is 3.93. The summed E-state index contributed by atoms with van der Waals surface area (Å²) in [6, 6.07) is 5.71. The third kappa shape index (κ3) is 5.82. The average molecular weight is 355 g/mol. The van der Waals surface area contributed by atoms with E-state index in [9.17, 15) is 13.2 Å². The lowest BCUT2D eigenvalue weighted by atomic mass is 9.98. The van der Waals surface area contributed by atoms with Gasteiger partial charge in [0.2, 0.25) is 15.9 Å². The molecule has 1 rings (SSSR count). The summed E-state index contributed by atoms with van der Waals surface area (Å²) >= 11 is 0. The van der Waals surface area contributed by atoms with E-state index >= 15 is 0 Å². The van der Waals surface area contributed by atoms with Crippen molar-refractivity contribution < 1.29 is 13.2 Å². The van der Waals surface area contributed by atoms with E-state index in [4.69, 9.17) is 0 Å². The monoisotopic (exact) mass is 354 g/mol. The molecule has 0 aliphatic heterocycles. The molecule has 0 fully saturated rings. The molecule has 6 heteroatoms. The molecule has 0 unspecified atom stereocenters. The van der Waals surface area contributed by atoms with E-state index in [0.717, 1.165) is 36.6 Å². The molecule has 1 amide bonds. The van der Waals surface area contributed by atoms with Gasteiger partial charge in [0.1, 0.15) is 6.54 Å². The number of hydrogen-bond donors (Lipinski definition) is 1. The van der Waals surface area contributed by atoms with Crippen molar-refractivity contribution in [1.29, 1.82) is 0 Å². The number of para-hydroxylation sites is 1. The van der Waals surface area contributed by atoms with Gasteiger partial charge in [-0.1, -0.05) is 51.8 Å². The van der Waals surface area contributed by atoms with Gasteiger partial charge in [0, 0.05) is 6.54 Å². The number of unbranched alkanes of at least 4 members (excludes halogenated alkanes) is 2. The van der Waals surface area contributed by atoms with E-state index in [1.54, 1.807) is 0 Å². The van der Waals surface area contributed by atoms with Gasteiger partial charge >= 0.3 is 0 Å². The van der Waals surface area contributed by atoms with Crippen LogP contribution in [0.5, 0.6) is 0 Å². The Morgan fingerprint density at radius 2 is 1.92 bits per heavy atom. The lowest BCUT2D eigenvalue weighted by molar-refractivity contribution is -0.119. The quantitative estimate of drug-likeness (QED) is 0.693. The summed E-state index contributed by atoms with van der Waals surface area (Å²) in [6.07, 6.45) is 4.17. The lowest BCUT2D eigenvalue weighted by Crippen LogP contribution is -2.41. The Hall–Kier alpha value is -1.56. The molecule has 0 bridgehead atoms. The normalized spacial score (nSPS) is 11.6. The maximum atomic E-state index is 12.3. The number of nitrogens with zero attached hydrogens (tertiary/aromatic N) is 1. The highest BCUT2D eigenvalue weighted by Gasteiger charge is 2.25. The van der Waals surface area contributed by atoms with Crippen LogP contribution in [0, 0.1) is 6.92 Å². The molecule has 0 saturated carbocycles. The molecule has 0 spiro atoms. The summed E-state index contributed by atoms with van der Waals surface area (Å²) in [5.41, 5.74) is 2.41. The maximum Gasteiger partial charge on any atom is 0.240 e. The first kappa shape index (κ1) is 20.5. The standard InChI is InChI=1S/C18H30N2O3S/c1-6-7-8-12-19-17(21)13-20(24(5,22)23)18-15(4)10-9-11-16(18)14(2)3/h9-11,14H,6-8,12-13H2,1-5H3,(H,19,21). The van der Waals surface area contributed by atoms with Crippen LogP contribution in [0.25, 0.3) is 0 Å². The summed E-state index contributed by atoms with van der Waals surface area (Å²) in [7, 11) is -3.55. The van der Waals surface area contributed by atoms with Gasteiger partial charge in [-0.25, -0.2) is 8.42 Å². The fourth-order valence-corrected chi connectivity index (χ4v) is 3.57. The molecule has 0 aliphatic carbocycles. The number of nitrogens with one attached hydrogen (secondary N) is 1. The molecule has 24 heavy (non-hydrogen) atoms. The number of amides is 1. The Balaban J connectivity index is 3.07. The van der Waals surface area contributed by atoms with Crippen molar-refractivity contribution in [3.63, 3.8) is 0 Å². The SMILES string of the molecule is CCCCCNC(=O)CN(c1c(C)cccc1C(C)C)S(C)(=O)=O. The molecule has 1 aromatic carbocycles. The number of carbonyl (C=O) groups is 1. The van der Waals surface area contributed by atoms with E-state index in [-0.39, 0.29) is 18.4 Å². The number of rotatable bonds is 9. The molecule has 0 heterocycles. The predicted molar refractivity (Wildman–Crippen MR) is 100.0 cm³/mol. The van der Waals surface area contributed by atoms with Gasteiger partial charge in [-0.05, 0) is 30.4 Å². The van der Waals surface area contributed by atoms with Crippen LogP contribution in [-0.2, 0) is 14.8 Å². The zero-order chi connectivity index (χ0) is 18.3. The van der Waals surface area contributed by atoms with Crippen molar-refractivity contribution in [1.82, 2.24) is 5.32 Å². The summed E-state index contributed by atoms with van der Waals surface area (Å²) in [5.74, 6) is -0.105. The fraction of sp³-hybridized carbons (Fsp3) is 0.611. The van der Waals surface area contributed by atoms with Gasteiger partial charge < -0.3 is 5.32 Å². The number of carbonyl (C=O) groups excluding carboxylic acids is 1. The third-order valence-corrected chi connectivity index (χ3v) is 5.04. The van der Waals surface area contributed by atoms with E-state index in [0.29, 0.717) is 12.2 Å². The topological polar surface area (TPSA) is 66.5 Å². The number of anilines is 1. The van der Waals surface area contributed by atoms with Crippen LogP contribution in [-0.4, -0.2) is 33.7 Å². The molecular weight excluding hydrogens is 324 g/mol. The molecule has 0 aliphatic rings. The molecule has 1 aromatic rings. The minimum Gasteiger partial charge on any atom is -0.355 e. The van der Waals surface area contributed by atoms with Crippen LogP contribution in [0.1, 0.15) is 57.1 Å². The van der Waals surface area contributed by atoms with Crippen LogP contribution in [0.2, 0.25) is 0 Å². The second kappa shape index (κ2) is 9.06. The first-order valence-corrected chi connectivity index (χ1v) is 10.4. The molecule has 0 aromatic heterocycles. The van der Waals surface area contributed by atoms with Gasteiger partial charge in [-0.2, -0.15) is 0 Å². The van der Waals surface area contributed by atoms with Gasteiger partial charge in [0.05, 0.1) is 11.9 Å². The smallest absolute Gasteiger partial charge is 0.240 e. The number of benzene rings is 1. The second-order valence-corrected chi connectivity index (χ2v) is 8.40. The molecule has 0 saturated heterocycles. The van der Waals surface area contributed by atoms with E-state index < -0.39 is 10.0 Å². The van der Waals surface area contributed by atoms with Gasteiger partial charge in [0.25, 0.3) is 0 Å². The predicted octanol–water partition coefficient (Wildman–Crippen LogP) is 3.19. The van der Waals surface area contributed by atoms with E-state index in [1.165, 1.54) is 4.31 Å². The molecule has 5 nitrogen and oxygen atoms in total. The Morgan fingerprint density at radius 1 is 1.25 bits per heavy atom. The van der Waals surface area contributed by atoms with Crippen LogP contribution < -0.4 is 9.62 Å². The highest BCUT2D eigenvalue weighted by atomic mass is 32.2. The molecule has 0 atom stereocenters. The Labute approximate surface area is 146 Å². The van der Waals surface area contributed by atoms with Crippen LogP contribution in [0.15, 0.2) is 18.2 Å². The molecule has 0 radical (unpaired) electrons. The summed E-state index contributed by atoms with van der Waals surface area (Å²) < 4.78 is 25.9.